The molecule has 0 spiro atoms. The molecule has 4 heteroatoms. The monoisotopic (exact) mass is 277 g/mol. The van der Waals surface area contributed by atoms with E-state index < -0.39 is 0 Å². The minimum atomic E-state index is -0.305. The fourth-order valence-corrected chi connectivity index (χ4v) is 1.85. The molecule has 108 valence electrons. The van der Waals surface area contributed by atoms with Crippen LogP contribution in [0.25, 0.3) is 0 Å². The number of halogens is 1. The van der Waals surface area contributed by atoms with E-state index >= 15 is 0 Å². The normalized spacial score (nSPS) is 11.0. The third-order valence-corrected chi connectivity index (χ3v) is 2.87. The fraction of sp³-hybridized carbons (Fsp3) is 0.375. The van der Waals surface area contributed by atoms with Gasteiger partial charge in [0.25, 0.3) is 0 Å². The van der Waals surface area contributed by atoms with E-state index in [2.05, 4.69) is 19.2 Å². The van der Waals surface area contributed by atoms with E-state index in [9.17, 15) is 4.39 Å². The molecular formula is C16H20FNO2. The van der Waals surface area contributed by atoms with Crippen LogP contribution >= 0.6 is 0 Å². The van der Waals surface area contributed by atoms with Crippen molar-refractivity contribution < 1.29 is 13.5 Å². The van der Waals surface area contributed by atoms with Gasteiger partial charge in [-0.2, -0.15) is 0 Å². The van der Waals surface area contributed by atoms with E-state index in [4.69, 9.17) is 9.15 Å². The molecule has 1 heterocycles. The molecule has 0 aliphatic carbocycles. The quantitative estimate of drug-likeness (QED) is 0.837. The van der Waals surface area contributed by atoms with Crippen molar-refractivity contribution in [3.8, 4) is 5.75 Å². The average Bonchev–Trinajstić information content (AvgIpc) is 2.84. The molecule has 20 heavy (non-hydrogen) atoms. The molecule has 0 atom stereocenters. The molecular weight excluding hydrogens is 257 g/mol. The summed E-state index contributed by atoms with van der Waals surface area (Å²) in [4.78, 5) is 0. The van der Waals surface area contributed by atoms with Gasteiger partial charge in [-0.3, -0.25) is 0 Å². The molecule has 0 saturated carbocycles. The minimum absolute atomic E-state index is 0.301. The number of hydrogen-bond acceptors (Lipinski definition) is 3. The zero-order chi connectivity index (χ0) is 14.4. The van der Waals surface area contributed by atoms with Gasteiger partial charge in [0.05, 0.1) is 6.26 Å². The van der Waals surface area contributed by atoms with Gasteiger partial charge in [-0.1, -0.05) is 19.9 Å². The van der Waals surface area contributed by atoms with Gasteiger partial charge in [0.1, 0.15) is 23.9 Å². The standard InChI is InChI=1S/C16H20FNO2/c1-12(2)9-18-10-13-6-7-19-16(13)11-20-15-5-3-4-14(17)8-15/h3-8,12,18H,9-11H2,1-2H3. The largest absolute Gasteiger partial charge is 0.486 e. The Labute approximate surface area is 118 Å². The zero-order valence-corrected chi connectivity index (χ0v) is 11.9. The van der Waals surface area contributed by atoms with E-state index in [1.54, 1.807) is 18.4 Å². The Kier molecular flexibility index (Phi) is 5.18. The van der Waals surface area contributed by atoms with E-state index in [0.29, 0.717) is 18.3 Å². The van der Waals surface area contributed by atoms with Crippen molar-refractivity contribution in [3.05, 3.63) is 53.7 Å². The third kappa shape index (κ3) is 4.38. The van der Waals surface area contributed by atoms with Gasteiger partial charge in [-0.15, -0.1) is 0 Å². The van der Waals surface area contributed by atoms with Crippen LogP contribution in [0.15, 0.2) is 41.0 Å². The van der Waals surface area contributed by atoms with E-state index in [0.717, 1.165) is 24.4 Å². The van der Waals surface area contributed by atoms with E-state index in [1.165, 1.54) is 12.1 Å². The second kappa shape index (κ2) is 7.10. The van der Waals surface area contributed by atoms with Gasteiger partial charge in [0, 0.05) is 18.2 Å². The lowest BCUT2D eigenvalue weighted by Gasteiger charge is -2.08. The van der Waals surface area contributed by atoms with Crippen LogP contribution in [0, 0.1) is 11.7 Å². The summed E-state index contributed by atoms with van der Waals surface area (Å²) in [7, 11) is 0. The van der Waals surface area contributed by atoms with Crippen molar-refractivity contribution in [1.29, 1.82) is 0 Å². The lowest BCUT2D eigenvalue weighted by Crippen LogP contribution is -2.19. The molecule has 1 aromatic carbocycles. The molecule has 0 amide bonds. The van der Waals surface area contributed by atoms with Crippen molar-refractivity contribution in [2.75, 3.05) is 6.54 Å². The highest BCUT2D eigenvalue weighted by Crippen LogP contribution is 2.17. The maximum absolute atomic E-state index is 13.0. The third-order valence-electron chi connectivity index (χ3n) is 2.87. The first-order valence-electron chi connectivity index (χ1n) is 6.79. The number of hydrogen-bond donors (Lipinski definition) is 1. The van der Waals surface area contributed by atoms with Gasteiger partial charge < -0.3 is 14.5 Å². The summed E-state index contributed by atoms with van der Waals surface area (Å²) in [6.45, 7) is 6.33. The van der Waals surface area contributed by atoms with Crippen LogP contribution < -0.4 is 10.1 Å². The van der Waals surface area contributed by atoms with Gasteiger partial charge in [0.2, 0.25) is 0 Å². The van der Waals surface area contributed by atoms with Gasteiger partial charge in [0.15, 0.2) is 0 Å². The highest BCUT2D eigenvalue weighted by atomic mass is 19.1. The summed E-state index contributed by atoms with van der Waals surface area (Å²) in [5.41, 5.74) is 1.07. The first-order chi connectivity index (χ1) is 9.65. The van der Waals surface area contributed by atoms with Crippen molar-refractivity contribution in [1.82, 2.24) is 5.32 Å². The van der Waals surface area contributed by atoms with Gasteiger partial charge >= 0.3 is 0 Å². The Morgan fingerprint density at radius 3 is 2.90 bits per heavy atom. The molecule has 0 radical (unpaired) electrons. The highest BCUT2D eigenvalue weighted by molar-refractivity contribution is 5.23. The number of benzene rings is 1. The van der Waals surface area contributed by atoms with Crippen LogP contribution in [0.2, 0.25) is 0 Å². The average molecular weight is 277 g/mol. The lowest BCUT2D eigenvalue weighted by molar-refractivity contribution is 0.267. The molecule has 2 aromatic rings. The van der Waals surface area contributed by atoms with Crippen molar-refractivity contribution in [3.63, 3.8) is 0 Å². The first-order valence-corrected chi connectivity index (χ1v) is 6.79. The first kappa shape index (κ1) is 14.6. The Morgan fingerprint density at radius 2 is 2.15 bits per heavy atom. The smallest absolute Gasteiger partial charge is 0.146 e. The Balaban J connectivity index is 1.88. The van der Waals surface area contributed by atoms with Crippen LogP contribution in [-0.2, 0) is 13.2 Å². The molecule has 0 aliphatic heterocycles. The molecule has 0 fully saturated rings. The zero-order valence-electron chi connectivity index (χ0n) is 11.9. The van der Waals surface area contributed by atoms with Crippen LogP contribution in [0.4, 0.5) is 4.39 Å². The van der Waals surface area contributed by atoms with Crippen LogP contribution in [0.3, 0.4) is 0 Å². The Morgan fingerprint density at radius 1 is 1.30 bits per heavy atom. The maximum atomic E-state index is 13.0. The molecule has 1 N–H and O–H groups in total. The maximum Gasteiger partial charge on any atom is 0.146 e. The predicted octanol–water partition coefficient (Wildman–Crippen LogP) is 3.74. The number of ether oxygens (including phenoxy) is 1. The highest BCUT2D eigenvalue weighted by Gasteiger charge is 2.07. The van der Waals surface area contributed by atoms with Gasteiger partial charge in [-0.25, -0.2) is 4.39 Å². The molecule has 0 saturated heterocycles. The van der Waals surface area contributed by atoms with Crippen molar-refractivity contribution in [2.45, 2.75) is 27.0 Å². The molecule has 1 aromatic heterocycles. The van der Waals surface area contributed by atoms with Crippen LogP contribution in [0.1, 0.15) is 25.2 Å². The second-order valence-electron chi connectivity index (χ2n) is 5.14. The summed E-state index contributed by atoms with van der Waals surface area (Å²) in [6.07, 6.45) is 1.65. The fourth-order valence-electron chi connectivity index (χ4n) is 1.85. The Hall–Kier alpha value is -1.81. The number of rotatable bonds is 7. The number of furan rings is 1. The summed E-state index contributed by atoms with van der Waals surface area (Å²) >= 11 is 0. The molecule has 0 aliphatic rings. The van der Waals surface area contributed by atoms with E-state index in [1.807, 2.05) is 6.07 Å². The molecule has 3 nitrogen and oxygen atoms in total. The SMILES string of the molecule is CC(C)CNCc1ccoc1COc1cccc(F)c1. The number of nitrogens with one attached hydrogen (secondary N) is 1. The molecule has 0 unspecified atom stereocenters. The van der Waals surface area contributed by atoms with Crippen molar-refractivity contribution >= 4 is 0 Å². The summed E-state index contributed by atoms with van der Waals surface area (Å²) in [5.74, 6) is 1.57. The lowest BCUT2D eigenvalue weighted by atomic mass is 10.2. The molecule has 0 bridgehead atoms. The summed E-state index contributed by atoms with van der Waals surface area (Å²) in [5, 5.41) is 3.36. The van der Waals surface area contributed by atoms with Crippen LogP contribution in [0.5, 0.6) is 5.75 Å². The topological polar surface area (TPSA) is 34.4 Å². The Bertz CT molecular complexity index is 537. The molecule has 2 rings (SSSR count). The minimum Gasteiger partial charge on any atom is -0.486 e. The van der Waals surface area contributed by atoms with Gasteiger partial charge in [-0.05, 0) is 30.7 Å². The van der Waals surface area contributed by atoms with Crippen LogP contribution in [-0.4, -0.2) is 6.54 Å². The predicted molar refractivity (Wildman–Crippen MR) is 76.0 cm³/mol. The second-order valence-corrected chi connectivity index (χ2v) is 5.14. The summed E-state index contributed by atoms with van der Waals surface area (Å²) < 4.78 is 24.0. The summed E-state index contributed by atoms with van der Waals surface area (Å²) in [6, 6.07) is 8.03. The van der Waals surface area contributed by atoms with Crippen molar-refractivity contribution in [2.24, 2.45) is 5.92 Å². The van der Waals surface area contributed by atoms with E-state index in [-0.39, 0.29) is 5.82 Å².